The molecule has 0 bridgehead atoms. The molecule has 22 heavy (non-hydrogen) atoms. The number of rotatable bonds is 7. The van der Waals surface area contributed by atoms with Crippen LogP contribution in [0.25, 0.3) is 0 Å². The first kappa shape index (κ1) is 17.4. The predicted octanol–water partition coefficient (Wildman–Crippen LogP) is 0.363. The molecule has 1 aromatic carbocycles. The Morgan fingerprint density at radius 2 is 2.00 bits per heavy atom. The van der Waals surface area contributed by atoms with Crippen molar-refractivity contribution in [3.63, 3.8) is 0 Å². The molecular formula is C15H24N2O4S. The van der Waals surface area contributed by atoms with Crippen molar-refractivity contribution in [2.75, 3.05) is 13.2 Å². The van der Waals surface area contributed by atoms with Crippen molar-refractivity contribution < 1.29 is 18.3 Å². The fourth-order valence-electron chi connectivity index (χ4n) is 2.73. The second-order valence-corrected chi connectivity index (χ2v) is 7.36. The van der Waals surface area contributed by atoms with Crippen LogP contribution in [0.5, 0.6) is 0 Å². The van der Waals surface area contributed by atoms with Crippen LogP contribution in [0.2, 0.25) is 0 Å². The first-order chi connectivity index (χ1) is 10.5. The largest absolute Gasteiger partial charge is 0.394 e. The Hall–Kier alpha value is -0.990. The highest BCUT2D eigenvalue weighted by Crippen LogP contribution is 2.22. The summed E-state index contributed by atoms with van der Waals surface area (Å²) in [5, 5.41) is 9.44. The van der Waals surface area contributed by atoms with Crippen LogP contribution in [-0.2, 0) is 20.5 Å². The maximum atomic E-state index is 12.3. The molecule has 3 atom stereocenters. The van der Waals surface area contributed by atoms with Crippen molar-refractivity contribution in [3.8, 4) is 0 Å². The lowest BCUT2D eigenvalue weighted by Gasteiger charge is -2.35. The van der Waals surface area contributed by atoms with Crippen LogP contribution in [0.4, 0.5) is 0 Å². The summed E-state index contributed by atoms with van der Waals surface area (Å²) in [4.78, 5) is 0. The van der Waals surface area contributed by atoms with E-state index in [1.807, 2.05) is 18.2 Å². The molecule has 2 rings (SSSR count). The summed E-state index contributed by atoms with van der Waals surface area (Å²) < 4.78 is 32.9. The fourth-order valence-corrected chi connectivity index (χ4v) is 4.18. The van der Waals surface area contributed by atoms with Gasteiger partial charge in [-0.15, -0.1) is 0 Å². The van der Waals surface area contributed by atoms with E-state index in [2.05, 4.69) is 4.72 Å². The van der Waals surface area contributed by atoms with Gasteiger partial charge in [-0.1, -0.05) is 30.3 Å². The molecule has 1 fully saturated rings. The summed E-state index contributed by atoms with van der Waals surface area (Å²) in [6.45, 7) is 0.312. The molecule has 0 spiro atoms. The zero-order chi connectivity index (χ0) is 16.0. The van der Waals surface area contributed by atoms with Gasteiger partial charge in [0.25, 0.3) is 0 Å². The third-order valence-corrected chi connectivity index (χ3v) is 5.19. The zero-order valence-electron chi connectivity index (χ0n) is 12.5. The van der Waals surface area contributed by atoms with Gasteiger partial charge in [-0.3, -0.25) is 0 Å². The highest BCUT2D eigenvalue weighted by atomic mass is 32.2. The van der Waals surface area contributed by atoms with Crippen LogP contribution in [0.15, 0.2) is 30.3 Å². The number of benzene rings is 1. The SMILES string of the molecule is NCC[C@H]1CC[C@H](NS(=O)(=O)Cc2ccccc2)[C@@H](CO)O1. The number of ether oxygens (including phenoxy) is 1. The van der Waals surface area contributed by atoms with Crippen molar-refractivity contribution in [1.29, 1.82) is 0 Å². The van der Waals surface area contributed by atoms with E-state index >= 15 is 0 Å². The van der Waals surface area contributed by atoms with Crippen molar-refractivity contribution in [2.45, 2.75) is 43.3 Å². The molecule has 4 N–H and O–H groups in total. The van der Waals surface area contributed by atoms with Crippen LogP contribution in [0.3, 0.4) is 0 Å². The molecule has 0 unspecified atom stereocenters. The third kappa shape index (κ3) is 5.03. The Bertz CT molecular complexity index is 550. The fraction of sp³-hybridized carbons (Fsp3) is 0.600. The number of hydrogen-bond acceptors (Lipinski definition) is 5. The van der Waals surface area contributed by atoms with Gasteiger partial charge in [0.15, 0.2) is 0 Å². The molecule has 1 saturated heterocycles. The minimum absolute atomic E-state index is 0.00275. The monoisotopic (exact) mass is 328 g/mol. The summed E-state index contributed by atoms with van der Waals surface area (Å²) in [6.07, 6.45) is 1.59. The Balaban J connectivity index is 1.96. The second-order valence-electron chi connectivity index (χ2n) is 5.60. The van der Waals surface area contributed by atoms with E-state index in [4.69, 9.17) is 10.5 Å². The normalized spacial score (nSPS) is 26.0. The summed E-state index contributed by atoms with van der Waals surface area (Å²) in [7, 11) is -3.47. The molecule has 1 heterocycles. The average Bonchev–Trinajstić information content (AvgIpc) is 2.49. The van der Waals surface area contributed by atoms with Gasteiger partial charge in [-0.2, -0.15) is 0 Å². The van der Waals surface area contributed by atoms with Gasteiger partial charge >= 0.3 is 0 Å². The lowest BCUT2D eigenvalue weighted by molar-refractivity contribution is -0.0867. The molecule has 0 radical (unpaired) electrons. The molecule has 1 aliphatic rings. The summed E-state index contributed by atoms with van der Waals surface area (Å²) in [5.74, 6) is -0.0747. The minimum Gasteiger partial charge on any atom is -0.394 e. The lowest BCUT2D eigenvalue weighted by Crippen LogP contribution is -2.51. The highest BCUT2D eigenvalue weighted by Gasteiger charge is 2.33. The van der Waals surface area contributed by atoms with Crippen LogP contribution < -0.4 is 10.5 Å². The van der Waals surface area contributed by atoms with Crippen molar-refractivity contribution in [1.82, 2.24) is 4.72 Å². The van der Waals surface area contributed by atoms with Gasteiger partial charge < -0.3 is 15.6 Å². The molecule has 7 heteroatoms. The van der Waals surface area contributed by atoms with Crippen molar-refractivity contribution in [3.05, 3.63) is 35.9 Å². The number of aliphatic hydroxyl groups excluding tert-OH is 1. The summed E-state index contributed by atoms with van der Waals surface area (Å²) in [6, 6.07) is 8.62. The lowest BCUT2D eigenvalue weighted by atomic mass is 9.98. The van der Waals surface area contributed by atoms with E-state index in [0.717, 1.165) is 18.4 Å². The van der Waals surface area contributed by atoms with E-state index < -0.39 is 22.2 Å². The highest BCUT2D eigenvalue weighted by molar-refractivity contribution is 7.88. The topological polar surface area (TPSA) is 102 Å². The Kier molecular flexibility index (Phi) is 6.34. The Morgan fingerprint density at radius 1 is 1.27 bits per heavy atom. The average molecular weight is 328 g/mol. The van der Waals surface area contributed by atoms with Gasteiger partial charge in [0.2, 0.25) is 10.0 Å². The molecule has 1 aliphatic heterocycles. The van der Waals surface area contributed by atoms with Crippen LogP contribution in [0.1, 0.15) is 24.8 Å². The molecule has 0 amide bonds. The molecule has 0 aliphatic carbocycles. The summed E-state index contributed by atoms with van der Waals surface area (Å²) >= 11 is 0. The number of hydrogen-bond donors (Lipinski definition) is 3. The quantitative estimate of drug-likeness (QED) is 0.671. The Morgan fingerprint density at radius 3 is 2.64 bits per heavy atom. The maximum absolute atomic E-state index is 12.3. The number of sulfonamides is 1. The third-order valence-electron chi connectivity index (χ3n) is 3.81. The predicted molar refractivity (Wildman–Crippen MR) is 84.6 cm³/mol. The van der Waals surface area contributed by atoms with Crippen LogP contribution in [-0.4, -0.2) is 44.9 Å². The van der Waals surface area contributed by atoms with Gasteiger partial charge in [0.1, 0.15) is 0 Å². The number of nitrogens with two attached hydrogens (primary N) is 1. The smallest absolute Gasteiger partial charge is 0.216 e. The second kappa shape index (κ2) is 8.03. The van der Waals surface area contributed by atoms with E-state index in [0.29, 0.717) is 13.0 Å². The number of aliphatic hydroxyl groups is 1. The van der Waals surface area contributed by atoms with Gasteiger partial charge in [-0.25, -0.2) is 13.1 Å². The maximum Gasteiger partial charge on any atom is 0.216 e. The first-order valence-electron chi connectivity index (χ1n) is 7.54. The van der Waals surface area contributed by atoms with E-state index in [-0.39, 0.29) is 18.5 Å². The molecule has 0 aromatic heterocycles. The number of nitrogens with one attached hydrogen (secondary N) is 1. The molecule has 6 nitrogen and oxygen atoms in total. The summed E-state index contributed by atoms with van der Waals surface area (Å²) in [5.41, 5.74) is 6.24. The van der Waals surface area contributed by atoms with Crippen LogP contribution >= 0.6 is 0 Å². The first-order valence-corrected chi connectivity index (χ1v) is 9.19. The van der Waals surface area contributed by atoms with E-state index in [9.17, 15) is 13.5 Å². The van der Waals surface area contributed by atoms with Gasteiger partial charge in [-0.05, 0) is 31.4 Å². The van der Waals surface area contributed by atoms with E-state index in [1.54, 1.807) is 12.1 Å². The molecular weight excluding hydrogens is 304 g/mol. The van der Waals surface area contributed by atoms with E-state index in [1.165, 1.54) is 0 Å². The van der Waals surface area contributed by atoms with Gasteiger partial charge in [0.05, 0.1) is 30.6 Å². The minimum atomic E-state index is -3.47. The molecule has 1 aromatic rings. The van der Waals surface area contributed by atoms with Crippen molar-refractivity contribution in [2.24, 2.45) is 5.73 Å². The Labute approximate surface area is 131 Å². The van der Waals surface area contributed by atoms with Crippen LogP contribution in [0, 0.1) is 0 Å². The zero-order valence-corrected chi connectivity index (χ0v) is 13.3. The van der Waals surface area contributed by atoms with Gasteiger partial charge in [0, 0.05) is 0 Å². The molecule has 124 valence electrons. The molecule has 0 saturated carbocycles. The van der Waals surface area contributed by atoms with Crippen molar-refractivity contribution >= 4 is 10.0 Å². The standard InChI is InChI=1S/C15H24N2O4S/c16-9-8-13-6-7-14(15(10-18)21-13)17-22(19,20)11-12-4-2-1-3-5-12/h1-5,13-15,17-18H,6-11,16H2/t13-,14+,15-/m1/s1.